The molecule has 0 radical (unpaired) electrons. The van der Waals surface area contributed by atoms with E-state index in [0.717, 1.165) is 19.3 Å². The molecule has 1 atom stereocenters. The van der Waals surface area contributed by atoms with Crippen LogP contribution in [0.5, 0.6) is 0 Å². The molecule has 0 spiro atoms. The van der Waals surface area contributed by atoms with Crippen LogP contribution in [0.2, 0.25) is 19.6 Å². The molecule has 0 bridgehead atoms. The summed E-state index contributed by atoms with van der Waals surface area (Å²) in [5, 5.41) is 0. The number of hydrogen-bond donors (Lipinski definition) is 0. The van der Waals surface area contributed by atoms with Gasteiger partial charge in [-0.3, -0.25) is 0 Å². The third kappa shape index (κ3) is 6.60. The fourth-order valence-corrected chi connectivity index (χ4v) is 3.13. The van der Waals surface area contributed by atoms with Gasteiger partial charge in [0, 0.05) is 6.10 Å². The molecule has 0 N–H and O–H groups in total. The smallest absolute Gasteiger partial charge is 0.184 e. The van der Waals surface area contributed by atoms with E-state index in [2.05, 4.69) is 62.3 Å². The number of benzene rings is 1. The molecule has 0 unspecified atom stereocenters. The molecular formula is C16H24OSi. The first-order valence-electron chi connectivity index (χ1n) is 6.57. The number of rotatable bonds is 7. The lowest BCUT2D eigenvalue weighted by Gasteiger charge is -2.25. The van der Waals surface area contributed by atoms with Gasteiger partial charge in [0.2, 0.25) is 0 Å². The van der Waals surface area contributed by atoms with E-state index in [1.807, 2.05) is 6.08 Å². The highest BCUT2D eigenvalue weighted by atomic mass is 28.4. The van der Waals surface area contributed by atoms with Crippen LogP contribution in [-0.2, 0) is 10.8 Å². The average Bonchev–Trinajstić information content (AvgIpc) is 2.32. The van der Waals surface area contributed by atoms with Crippen LogP contribution < -0.4 is 0 Å². The summed E-state index contributed by atoms with van der Waals surface area (Å²) in [5.41, 5.74) is 4.22. The van der Waals surface area contributed by atoms with Gasteiger partial charge in [-0.05, 0) is 50.5 Å². The normalized spacial score (nSPS) is 12.8. The molecular weight excluding hydrogens is 236 g/mol. The van der Waals surface area contributed by atoms with E-state index in [1.165, 1.54) is 5.56 Å². The SMILES string of the molecule is C=C=CC[C@H](CCc1ccccc1)O[Si](C)(C)C. The zero-order valence-electron chi connectivity index (χ0n) is 11.8. The van der Waals surface area contributed by atoms with E-state index >= 15 is 0 Å². The van der Waals surface area contributed by atoms with E-state index in [4.69, 9.17) is 4.43 Å². The van der Waals surface area contributed by atoms with Crippen molar-refractivity contribution in [3.63, 3.8) is 0 Å². The highest BCUT2D eigenvalue weighted by Gasteiger charge is 2.20. The van der Waals surface area contributed by atoms with Gasteiger partial charge in [-0.1, -0.05) is 36.9 Å². The second-order valence-corrected chi connectivity index (χ2v) is 9.98. The maximum Gasteiger partial charge on any atom is 0.184 e. The molecule has 2 heteroatoms. The molecule has 0 saturated carbocycles. The van der Waals surface area contributed by atoms with E-state index in [-0.39, 0.29) is 0 Å². The quantitative estimate of drug-likeness (QED) is 0.515. The number of hydrogen-bond acceptors (Lipinski definition) is 1. The summed E-state index contributed by atoms with van der Waals surface area (Å²) >= 11 is 0. The van der Waals surface area contributed by atoms with Crippen molar-refractivity contribution in [1.82, 2.24) is 0 Å². The third-order valence-corrected chi connectivity index (χ3v) is 3.68. The lowest BCUT2D eigenvalue weighted by Crippen LogP contribution is -2.32. The van der Waals surface area contributed by atoms with Crippen LogP contribution in [0.25, 0.3) is 0 Å². The van der Waals surface area contributed by atoms with Crippen molar-refractivity contribution in [2.75, 3.05) is 0 Å². The van der Waals surface area contributed by atoms with Gasteiger partial charge in [-0.2, -0.15) is 0 Å². The zero-order valence-corrected chi connectivity index (χ0v) is 12.8. The molecule has 1 rings (SSSR count). The predicted octanol–water partition coefficient (Wildman–Crippen LogP) is 4.57. The highest BCUT2D eigenvalue weighted by molar-refractivity contribution is 6.69. The summed E-state index contributed by atoms with van der Waals surface area (Å²) in [4.78, 5) is 0. The van der Waals surface area contributed by atoms with Gasteiger partial charge in [0.05, 0.1) is 0 Å². The van der Waals surface area contributed by atoms with E-state index in [0.29, 0.717) is 6.10 Å². The van der Waals surface area contributed by atoms with Crippen molar-refractivity contribution in [1.29, 1.82) is 0 Å². The molecule has 0 heterocycles. The standard InChI is InChI=1S/C16H24OSi/c1-5-6-12-16(17-18(2,3)4)14-13-15-10-8-7-9-11-15/h6-11,16H,1,12-14H2,2-4H3/t16-/m1/s1. The van der Waals surface area contributed by atoms with Crippen molar-refractivity contribution in [3.8, 4) is 0 Å². The molecule has 0 saturated heterocycles. The van der Waals surface area contributed by atoms with Gasteiger partial charge in [0.1, 0.15) is 0 Å². The summed E-state index contributed by atoms with van der Waals surface area (Å²) in [7, 11) is -1.48. The lowest BCUT2D eigenvalue weighted by molar-refractivity contribution is 0.187. The summed E-state index contributed by atoms with van der Waals surface area (Å²) in [6.45, 7) is 10.3. The maximum absolute atomic E-state index is 6.20. The summed E-state index contributed by atoms with van der Waals surface area (Å²) in [6.07, 6.45) is 5.33. The molecule has 0 fully saturated rings. The van der Waals surface area contributed by atoms with E-state index in [9.17, 15) is 0 Å². The predicted molar refractivity (Wildman–Crippen MR) is 81.3 cm³/mol. The molecule has 1 nitrogen and oxygen atoms in total. The van der Waals surface area contributed by atoms with E-state index < -0.39 is 8.32 Å². The summed E-state index contributed by atoms with van der Waals surface area (Å²) < 4.78 is 6.20. The molecule has 0 aliphatic rings. The highest BCUT2D eigenvalue weighted by Crippen LogP contribution is 2.16. The maximum atomic E-state index is 6.20. The Morgan fingerprint density at radius 3 is 2.50 bits per heavy atom. The van der Waals surface area contributed by atoms with Crippen molar-refractivity contribution in [2.24, 2.45) is 0 Å². The van der Waals surface area contributed by atoms with Crippen LogP contribution >= 0.6 is 0 Å². The Kier molecular flexibility index (Phi) is 6.13. The van der Waals surface area contributed by atoms with Gasteiger partial charge in [-0.25, -0.2) is 0 Å². The molecule has 1 aromatic carbocycles. The molecule has 18 heavy (non-hydrogen) atoms. The van der Waals surface area contributed by atoms with E-state index in [1.54, 1.807) is 0 Å². The van der Waals surface area contributed by atoms with Gasteiger partial charge >= 0.3 is 0 Å². The summed E-state index contributed by atoms with van der Waals surface area (Å²) in [5.74, 6) is 0. The van der Waals surface area contributed by atoms with Crippen LogP contribution in [0.1, 0.15) is 18.4 Å². The van der Waals surface area contributed by atoms with Gasteiger partial charge < -0.3 is 4.43 Å². The van der Waals surface area contributed by atoms with Crippen LogP contribution in [0, 0.1) is 0 Å². The third-order valence-electron chi connectivity index (χ3n) is 2.64. The molecule has 0 aliphatic heterocycles. The Morgan fingerprint density at radius 2 is 1.94 bits per heavy atom. The Morgan fingerprint density at radius 1 is 1.28 bits per heavy atom. The fourth-order valence-electron chi connectivity index (χ4n) is 1.91. The van der Waals surface area contributed by atoms with Crippen LogP contribution in [0.3, 0.4) is 0 Å². The first-order chi connectivity index (χ1) is 8.51. The Bertz CT molecular complexity index is 385. The minimum atomic E-state index is -1.48. The average molecular weight is 260 g/mol. The fraction of sp³-hybridized carbons (Fsp3) is 0.438. The molecule has 1 aromatic rings. The molecule has 0 aliphatic carbocycles. The Labute approximate surface area is 112 Å². The molecule has 98 valence electrons. The lowest BCUT2D eigenvalue weighted by atomic mass is 10.1. The van der Waals surface area contributed by atoms with Crippen molar-refractivity contribution >= 4 is 8.32 Å². The van der Waals surface area contributed by atoms with Crippen LogP contribution in [0.15, 0.2) is 48.7 Å². The van der Waals surface area contributed by atoms with Crippen LogP contribution in [-0.4, -0.2) is 14.4 Å². The first kappa shape index (κ1) is 15.0. The molecule has 0 aromatic heterocycles. The van der Waals surface area contributed by atoms with Crippen LogP contribution in [0.4, 0.5) is 0 Å². The van der Waals surface area contributed by atoms with Gasteiger partial charge in [0.15, 0.2) is 8.32 Å². The Hall–Kier alpha value is -1.08. The second kappa shape index (κ2) is 7.37. The largest absolute Gasteiger partial charge is 0.414 e. The second-order valence-electron chi connectivity index (χ2n) is 5.52. The van der Waals surface area contributed by atoms with Crippen molar-refractivity contribution in [3.05, 3.63) is 54.3 Å². The van der Waals surface area contributed by atoms with Crippen molar-refractivity contribution < 1.29 is 4.43 Å². The molecule has 0 amide bonds. The monoisotopic (exact) mass is 260 g/mol. The van der Waals surface area contributed by atoms with Gasteiger partial charge in [-0.15, -0.1) is 5.73 Å². The topological polar surface area (TPSA) is 9.23 Å². The van der Waals surface area contributed by atoms with Gasteiger partial charge in [0.25, 0.3) is 0 Å². The minimum absolute atomic E-state index is 0.297. The van der Waals surface area contributed by atoms with Crippen molar-refractivity contribution in [2.45, 2.75) is 45.0 Å². The Balaban J connectivity index is 2.53. The minimum Gasteiger partial charge on any atom is -0.414 e. The number of aryl methyl sites for hydroxylation is 1. The first-order valence-corrected chi connectivity index (χ1v) is 9.98. The summed E-state index contributed by atoms with van der Waals surface area (Å²) in [6, 6.07) is 10.6. The zero-order chi connectivity index (χ0) is 13.4.